The first-order valence-electron chi connectivity index (χ1n) is 4.35. The standard InChI is InChI=1S/C10H11BrClNO2/c1-15-10(14)6-13-5-7-4-8(11)2-3-9(7)12/h2-4,13H,5-6H2,1H3. The summed E-state index contributed by atoms with van der Waals surface area (Å²) in [6.45, 7) is 0.715. The summed E-state index contributed by atoms with van der Waals surface area (Å²) >= 11 is 9.32. The number of esters is 1. The Morgan fingerprint density at radius 1 is 1.60 bits per heavy atom. The monoisotopic (exact) mass is 291 g/mol. The number of methoxy groups -OCH3 is 1. The van der Waals surface area contributed by atoms with Crippen LogP contribution < -0.4 is 5.32 Å². The molecule has 0 heterocycles. The summed E-state index contributed by atoms with van der Waals surface area (Å²) < 4.78 is 5.46. The second-order valence-corrected chi connectivity index (χ2v) is 4.24. The van der Waals surface area contributed by atoms with Gasteiger partial charge in [0.1, 0.15) is 0 Å². The highest BCUT2D eigenvalue weighted by molar-refractivity contribution is 9.10. The average molecular weight is 293 g/mol. The van der Waals surface area contributed by atoms with Gasteiger partial charge in [0.25, 0.3) is 0 Å². The van der Waals surface area contributed by atoms with Crippen LogP contribution in [0.25, 0.3) is 0 Å². The summed E-state index contributed by atoms with van der Waals surface area (Å²) in [5.41, 5.74) is 0.940. The number of hydrogen-bond donors (Lipinski definition) is 1. The van der Waals surface area contributed by atoms with Crippen LogP contribution in [-0.2, 0) is 16.1 Å². The lowest BCUT2D eigenvalue weighted by Crippen LogP contribution is -2.23. The minimum Gasteiger partial charge on any atom is -0.468 e. The number of hydrogen-bond acceptors (Lipinski definition) is 3. The molecular weight excluding hydrogens is 281 g/mol. The second kappa shape index (κ2) is 6.10. The van der Waals surface area contributed by atoms with Gasteiger partial charge in [0, 0.05) is 16.0 Å². The molecule has 0 aliphatic rings. The Balaban J connectivity index is 2.50. The highest BCUT2D eigenvalue weighted by atomic mass is 79.9. The third-order valence-corrected chi connectivity index (χ3v) is 2.68. The number of benzene rings is 1. The molecule has 0 atom stereocenters. The lowest BCUT2D eigenvalue weighted by molar-refractivity contribution is -0.139. The van der Waals surface area contributed by atoms with Gasteiger partial charge in [-0.15, -0.1) is 0 Å². The Bertz CT molecular complexity index is 357. The van der Waals surface area contributed by atoms with E-state index in [1.54, 1.807) is 6.07 Å². The van der Waals surface area contributed by atoms with Crippen LogP contribution >= 0.6 is 27.5 Å². The summed E-state index contributed by atoms with van der Waals surface area (Å²) in [7, 11) is 1.36. The molecule has 0 saturated heterocycles. The molecular formula is C10H11BrClNO2. The van der Waals surface area contributed by atoms with Crippen molar-refractivity contribution in [2.24, 2.45) is 0 Å². The smallest absolute Gasteiger partial charge is 0.319 e. The van der Waals surface area contributed by atoms with E-state index < -0.39 is 0 Å². The van der Waals surface area contributed by atoms with Crippen molar-refractivity contribution in [2.75, 3.05) is 13.7 Å². The van der Waals surface area contributed by atoms with Crippen molar-refractivity contribution >= 4 is 33.5 Å². The highest BCUT2D eigenvalue weighted by Crippen LogP contribution is 2.20. The summed E-state index contributed by atoms with van der Waals surface area (Å²) in [5, 5.41) is 3.62. The summed E-state index contributed by atoms with van der Waals surface area (Å²) in [6.07, 6.45) is 0. The maximum Gasteiger partial charge on any atom is 0.319 e. The normalized spacial score (nSPS) is 10.1. The third-order valence-electron chi connectivity index (χ3n) is 1.82. The molecule has 0 spiro atoms. The Hall–Kier alpha value is -0.580. The Kier molecular flexibility index (Phi) is 5.08. The van der Waals surface area contributed by atoms with Gasteiger partial charge in [-0.2, -0.15) is 0 Å². The largest absolute Gasteiger partial charge is 0.468 e. The zero-order valence-corrected chi connectivity index (χ0v) is 10.6. The van der Waals surface area contributed by atoms with Gasteiger partial charge in [-0.1, -0.05) is 27.5 Å². The van der Waals surface area contributed by atoms with Crippen molar-refractivity contribution < 1.29 is 9.53 Å². The van der Waals surface area contributed by atoms with E-state index in [1.165, 1.54) is 7.11 Å². The van der Waals surface area contributed by atoms with Crippen LogP contribution in [0.5, 0.6) is 0 Å². The Labute approximate surface area is 102 Å². The minimum absolute atomic E-state index is 0.180. The molecule has 15 heavy (non-hydrogen) atoms. The molecule has 0 radical (unpaired) electrons. The van der Waals surface area contributed by atoms with E-state index in [4.69, 9.17) is 11.6 Å². The number of ether oxygens (including phenoxy) is 1. The Morgan fingerprint density at radius 2 is 2.33 bits per heavy atom. The van der Waals surface area contributed by atoms with E-state index >= 15 is 0 Å². The number of halogens is 2. The molecule has 82 valence electrons. The van der Waals surface area contributed by atoms with Crippen molar-refractivity contribution in [2.45, 2.75) is 6.54 Å². The van der Waals surface area contributed by atoms with E-state index in [9.17, 15) is 4.79 Å². The zero-order chi connectivity index (χ0) is 11.3. The van der Waals surface area contributed by atoms with Crippen molar-refractivity contribution in [1.82, 2.24) is 5.32 Å². The van der Waals surface area contributed by atoms with Crippen LogP contribution in [0.3, 0.4) is 0 Å². The summed E-state index contributed by atoms with van der Waals surface area (Å²) in [5.74, 6) is -0.291. The molecule has 1 rings (SSSR count). The summed E-state index contributed by atoms with van der Waals surface area (Å²) in [4.78, 5) is 10.8. The van der Waals surface area contributed by atoms with Crippen LogP contribution in [0.15, 0.2) is 22.7 Å². The molecule has 0 unspecified atom stereocenters. The number of nitrogens with one attached hydrogen (secondary N) is 1. The molecule has 0 saturated carbocycles. The van der Waals surface area contributed by atoms with Crippen LogP contribution in [0.1, 0.15) is 5.56 Å². The molecule has 5 heteroatoms. The van der Waals surface area contributed by atoms with Gasteiger partial charge >= 0.3 is 5.97 Å². The van der Waals surface area contributed by atoms with Gasteiger partial charge in [0.05, 0.1) is 13.7 Å². The van der Waals surface area contributed by atoms with E-state index in [0.29, 0.717) is 11.6 Å². The molecule has 0 fully saturated rings. The van der Waals surface area contributed by atoms with Crippen molar-refractivity contribution in [3.05, 3.63) is 33.3 Å². The topological polar surface area (TPSA) is 38.3 Å². The molecule has 1 N–H and O–H groups in total. The number of rotatable bonds is 4. The maximum absolute atomic E-state index is 10.8. The fraction of sp³-hybridized carbons (Fsp3) is 0.300. The molecule has 0 amide bonds. The van der Waals surface area contributed by atoms with Gasteiger partial charge in [0.15, 0.2) is 0 Å². The van der Waals surface area contributed by atoms with Crippen LogP contribution in [0.4, 0.5) is 0 Å². The fourth-order valence-electron chi connectivity index (χ4n) is 1.05. The molecule has 3 nitrogen and oxygen atoms in total. The quantitative estimate of drug-likeness (QED) is 0.866. The van der Waals surface area contributed by atoms with E-state index in [1.807, 2.05) is 12.1 Å². The lowest BCUT2D eigenvalue weighted by Gasteiger charge is -2.06. The number of carbonyl (C=O) groups is 1. The van der Waals surface area contributed by atoms with Crippen LogP contribution in [0, 0.1) is 0 Å². The second-order valence-electron chi connectivity index (χ2n) is 2.92. The zero-order valence-electron chi connectivity index (χ0n) is 8.22. The van der Waals surface area contributed by atoms with Crippen molar-refractivity contribution in [3.8, 4) is 0 Å². The lowest BCUT2D eigenvalue weighted by atomic mass is 10.2. The van der Waals surface area contributed by atoms with Crippen LogP contribution in [0.2, 0.25) is 5.02 Å². The predicted octanol–water partition coefficient (Wildman–Crippen LogP) is 2.37. The highest BCUT2D eigenvalue weighted by Gasteiger charge is 2.03. The summed E-state index contributed by atoms with van der Waals surface area (Å²) in [6, 6.07) is 5.58. The van der Waals surface area contributed by atoms with E-state index in [0.717, 1.165) is 10.0 Å². The van der Waals surface area contributed by atoms with E-state index in [2.05, 4.69) is 26.0 Å². The molecule has 0 aliphatic heterocycles. The molecule has 0 bridgehead atoms. The first-order valence-corrected chi connectivity index (χ1v) is 5.52. The molecule has 1 aromatic rings. The molecule has 0 aromatic heterocycles. The first-order chi connectivity index (χ1) is 7.13. The van der Waals surface area contributed by atoms with Crippen molar-refractivity contribution in [1.29, 1.82) is 0 Å². The Morgan fingerprint density at radius 3 is 3.00 bits per heavy atom. The number of carbonyl (C=O) groups excluding carboxylic acids is 1. The van der Waals surface area contributed by atoms with E-state index in [-0.39, 0.29) is 12.5 Å². The SMILES string of the molecule is COC(=O)CNCc1cc(Br)ccc1Cl. The first kappa shape index (κ1) is 12.5. The maximum atomic E-state index is 10.8. The molecule has 1 aromatic carbocycles. The van der Waals surface area contributed by atoms with Gasteiger partial charge in [-0.3, -0.25) is 4.79 Å². The van der Waals surface area contributed by atoms with Gasteiger partial charge in [0.2, 0.25) is 0 Å². The predicted molar refractivity (Wildman–Crippen MR) is 62.9 cm³/mol. The third kappa shape index (κ3) is 4.20. The van der Waals surface area contributed by atoms with Gasteiger partial charge < -0.3 is 10.1 Å². The average Bonchev–Trinajstić information content (AvgIpc) is 2.23. The minimum atomic E-state index is -0.291. The fourth-order valence-corrected chi connectivity index (χ4v) is 1.64. The van der Waals surface area contributed by atoms with Crippen molar-refractivity contribution in [3.63, 3.8) is 0 Å². The van der Waals surface area contributed by atoms with Gasteiger partial charge in [-0.25, -0.2) is 0 Å². The van der Waals surface area contributed by atoms with Crippen LogP contribution in [-0.4, -0.2) is 19.6 Å². The van der Waals surface area contributed by atoms with Gasteiger partial charge in [-0.05, 0) is 23.8 Å². The molecule has 0 aliphatic carbocycles.